The van der Waals surface area contributed by atoms with E-state index in [4.69, 9.17) is 0 Å². The molecule has 0 saturated carbocycles. The SMILES string of the molecule is CN=C(NCCC(C)C)NCc1ccc([N+](=O)[O-])cc1. The standard InChI is InChI=1S/C14H22N4O2/c1-11(2)8-9-16-14(15-3)17-10-12-4-6-13(7-5-12)18(19)20/h4-7,11H,8-10H2,1-3H3,(H2,15,16,17). The minimum absolute atomic E-state index is 0.105. The molecule has 0 bridgehead atoms. The zero-order valence-electron chi connectivity index (χ0n) is 12.2. The third-order valence-corrected chi connectivity index (χ3v) is 2.84. The molecule has 1 aromatic carbocycles. The highest BCUT2D eigenvalue weighted by Gasteiger charge is 2.04. The number of non-ortho nitro benzene ring substituents is 1. The van der Waals surface area contributed by atoms with E-state index in [1.54, 1.807) is 19.2 Å². The van der Waals surface area contributed by atoms with Gasteiger partial charge in [-0.2, -0.15) is 0 Å². The average Bonchev–Trinajstić information content (AvgIpc) is 2.42. The molecule has 20 heavy (non-hydrogen) atoms. The Balaban J connectivity index is 2.42. The number of nitro benzene ring substituents is 1. The summed E-state index contributed by atoms with van der Waals surface area (Å²) in [5, 5.41) is 17.0. The van der Waals surface area contributed by atoms with Crippen molar-refractivity contribution in [3.63, 3.8) is 0 Å². The normalized spacial score (nSPS) is 11.5. The lowest BCUT2D eigenvalue weighted by Crippen LogP contribution is -2.37. The minimum Gasteiger partial charge on any atom is -0.356 e. The first-order chi connectivity index (χ1) is 9.52. The number of hydrogen-bond donors (Lipinski definition) is 2. The molecule has 6 heteroatoms. The molecule has 0 fully saturated rings. The summed E-state index contributed by atoms with van der Waals surface area (Å²) >= 11 is 0. The van der Waals surface area contributed by atoms with E-state index in [9.17, 15) is 10.1 Å². The summed E-state index contributed by atoms with van der Waals surface area (Å²) in [5.41, 5.74) is 1.08. The highest BCUT2D eigenvalue weighted by atomic mass is 16.6. The monoisotopic (exact) mass is 278 g/mol. The first-order valence-electron chi connectivity index (χ1n) is 6.70. The van der Waals surface area contributed by atoms with Gasteiger partial charge in [-0.3, -0.25) is 15.1 Å². The molecule has 0 aliphatic rings. The van der Waals surface area contributed by atoms with E-state index in [0.717, 1.165) is 24.5 Å². The second-order valence-electron chi connectivity index (χ2n) is 4.96. The van der Waals surface area contributed by atoms with Crippen LogP contribution in [-0.4, -0.2) is 24.5 Å². The predicted octanol–water partition coefficient (Wildman–Crippen LogP) is 2.31. The molecule has 0 amide bonds. The lowest BCUT2D eigenvalue weighted by molar-refractivity contribution is -0.384. The third kappa shape index (κ3) is 5.69. The lowest BCUT2D eigenvalue weighted by atomic mass is 10.1. The number of nitro groups is 1. The Labute approximate surface area is 119 Å². The zero-order chi connectivity index (χ0) is 15.0. The quantitative estimate of drug-likeness (QED) is 0.362. The zero-order valence-corrected chi connectivity index (χ0v) is 12.2. The highest BCUT2D eigenvalue weighted by molar-refractivity contribution is 5.79. The maximum Gasteiger partial charge on any atom is 0.269 e. The van der Waals surface area contributed by atoms with Crippen molar-refractivity contribution in [2.45, 2.75) is 26.8 Å². The first kappa shape index (κ1) is 15.9. The lowest BCUT2D eigenvalue weighted by Gasteiger charge is -2.12. The molecule has 2 N–H and O–H groups in total. The number of nitrogens with zero attached hydrogens (tertiary/aromatic N) is 2. The number of guanidine groups is 1. The molecule has 0 radical (unpaired) electrons. The molecule has 1 aromatic rings. The molecule has 1 rings (SSSR count). The highest BCUT2D eigenvalue weighted by Crippen LogP contribution is 2.11. The Kier molecular flexibility index (Phi) is 6.49. The van der Waals surface area contributed by atoms with Gasteiger partial charge in [0.05, 0.1) is 4.92 Å². The Morgan fingerprint density at radius 2 is 1.95 bits per heavy atom. The van der Waals surface area contributed by atoms with Crippen LogP contribution in [0.15, 0.2) is 29.3 Å². The van der Waals surface area contributed by atoms with Crippen molar-refractivity contribution in [2.75, 3.05) is 13.6 Å². The Morgan fingerprint density at radius 1 is 1.30 bits per heavy atom. The molecule has 0 atom stereocenters. The molecular weight excluding hydrogens is 256 g/mol. The molecule has 0 unspecified atom stereocenters. The van der Waals surface area contributed by atoms with Gasteiger partial charge in [-0.1, -0.05) is 26.0 Å². The maximum atomic E-state index is 10.6. The van der Waals surface area contributed by atoms with Crippen LogP contribution in [0.1, 0.15) is 25.8 Å². The van der Waals surface area contributed by atoms with Crippen LogP contribution in [-0.2, 0) is 6.54 Å². The Hall–Kier alpha value is -2.11. The van der Waals surface area contributed by atoms with Gasteiger partial charge < -0.3 is 10.6 Å². The fraction of sp³-hybridized carbons (Fsp3) is 0.500. The van der Waals surface area contributed by atoms with Gasteiger partial charge in [-0.25, -0.2) is 0 Å². The van der Waals surface area contributed by atoms with Crippen LogP contribution in [0, 0.1) is 16.0 Å². The largest absolute Gasteiger partial charge is 0.356 e. The van der Waals surface area contributed by atoms with E-state index in [1.165, 1.54) is 12.1 Å². The maximum absolute atomic E-state index is 10.6. The average molecular weight is 278 g/mol. The van der Waals surface area contributed by atoms with Crippen molar-refractivity contribution < 1.29 is 4.92 Å². The summed E-state index contributed by atoms with van der Waals surface area (Å²) in [6, 6.07) is 6.50. The Bertz CT molecular complexity index is 455. The van der Waals surface area contributed by atoms with Crippen LogP contribution in [0.3, 0.4) is 0 Å². The van der Waals surface area contributed by atoms with Gasteiger partial charge >= 0.3 is 0 Å². The number of hydrogen-bond acceptors (Lipinski definition) is 3. The molecule has 0 aliphatic heterocycles. The van der Waals surface area contributed by atoms with Crippen LogP contribution in [0.2, 0.25) is 0 Å². The van der Waals surface area contributed by atoms with Gasteiger partial charge in [0.2, 0.25) is 0 Å². The number of aliphatic imine (C=N–C) groups is 1. The molecule has 0 spiro atoms. The van der Waals surface area contributed by atoms with E-state index >= 15 is 0 Å². The van der Waals surface area contributed by atoms with E-state index in [0.29, 0.717) is 12.5 Å². The molecule has 0 aromatic heterocycles. The fourth-order valence-electron chi connectivity index (χ4n) is 1.62. The van der Waals surface area contributed by atoms with Gasteiger partial charge in [0.1, 0.15) is 0 Å². The van der Waals surface area contributed by atoms with Gasteiger partial charge in [0, 0.05) is 32.3 Å². The molecule has 0 heterocycles. The van der Waals surface area contributed by atoms with Crippen LogP contribution < -0.4 is 10.6 Å². The summed E-state index contributed by atoms with van der Waals surface area (Å²) in [4.78, 5) is 14.3. The third-order valence-electron chi connectivity index (χ3n) is 2.84. The second kappa shape index (κ2) is 8.14. The van der Waals surface area contributed by atoms with Crippen molar-refractivity contribution in [3.05, 3.63) is 39.9 Å². The summed E-state index contributed by atoms with van der Waals surface area (Å²) in [7, 11) is 1.72. The van der Waals surface area contributed by atoms with Crippen molar-refractivity contribution in [2.24, 2.45) is 10.9 Å². The first-order valence-corrected chi connectivity index (χ1v) is 6.70. The van der Waals surface area contributed by atoms with E-state index < -0.39 is 4.92 Å². The molecule has 110 valence electrons. The number of benzene rings is 1. The van der Waals surface area contributed by atoms with Gasteiger partial charge in [-0.15, -0.1) is 0 Å². The summed E-state index contributed by atoms with van der Waals surface area (Å²) < 4.78 is 0. The van der Waals surface area contributed by atoms with Gasteiger partial charge in [0.25, 0.3) is 5.69 Å². The smallest absolute Gasteiger partial charge is 0.269 e. The summed E-state index contributed by atoms with van der Waals surface area (Å²) in [6.45, 7) is 5.81. The van der Waals surface area contributed by atoms with E-state index in [2.05, 4.69) is 29.5 Å². The van der Waals surface area contributed by atoms with E-state index in [-0.39, 0.29) is 5.69 Å². The van der Waals surface area contributed by atoms with Crippen molar-refractivity contribution in [1.29, 1.82) is 0 Å². The topological polar surface area (TPSA) is 79.6 Å². The van der Waals surface area contributed by atoms with Crippen LogP contribution in [0.25, 0.3) is 0 Å². The molecule has 6 nitrogen and oxygen atoms in total. The molecular formula is C14H22N4O2. The summed E-state index contributed by atoms with van der Waals surface area (Å²) in [6.07, 6.45) is 1.08. The molecule has 0 aliphatic carbocycles. The number of nitrogens with one attached hydrogen (secondary N) is 2. The predicted molar refractivity (Wildman–Crippen MR) is 80.8 cm³/mol. The van der Waals surface area contributed by atoms with Crippen molar-refractivity contribution in [1.82, 2.24) is 10.6 Å². The molecule has 0 saturated heterocycles. The van der Waals surface area contributed by atoms with Gasteiger partial charge in [-0.05, 0) is 17.9 Å². The fourth-order valence-corrected chi connectivity index (χ4v) is 1.62. The van der Waals surface area contributed by atoms with Crippen LogP contribution >= 0.6 is 0 Å². The van der Waals surface area contributed by atoms with Crippen LogP contribution in [0.5, 0.6) is 0 Å². The van der Waals surface area contributed by atoms with Crippen molar-refractivity contribution in [3.8, 4) is 0 Å². The van der Waals surface area contributed by atoms with Crippen LogP contribution in [0.4, 0.5) is 5.69 Å². The minimum atomic E-state index is -0.399. The van der Waals surface area contributed by atoms with E-state index in [1.807, 2.05) is 0 Å². The number of rotatable bonds is 6. The van der Waals surface area contributed by atoms with Crippen molar-refractivity contribution >= 4 is 11.6 Å². The van der Waals surface area contributed by atoms with Gasteiger partial charge in [0.15, 0.2) is 5.96 Å². The summed E-state index contributed by atoms with van der Waals surface area (Å²) in [5.74, 6) is 1.39. The second-order valence-corrected chi connectivity index (χ2v) is 4.96. The Morgan fingerprint density at radius 3 is 2.45 bits per heavy atom.